The summed E-state index contributed by atoms with van der Waals surface area (Å²) in [7, 11) is 0. The van der Waals surface area contributed by atoms with Crippen molar-refractivity contribution in [3.05, 3.63) is 53.6 Å². The molecule has 0 spiro atoms. The zero-order valence-corrected chi connectivity index (χ0v) is 19.4. The van der Waals surface area contributed by atoms with Crippen LogP contribution in [0.25, 0.3) is 0 Å². The van der Waals surface area contributed by atoms with Crippen molar-refractivity contribution in [2.45, 2.75) is 59.0 Å². The summed E-state index contributed by atoms with van der Waals surface area (Å²) in [5.74, 6) is 1.09. The predicted molar refractivity (Wildman–Crippen MR) is 127 cm³/mol. The number of hydrogen-bond donors (Lipinski definition) is 3. The minimum absolute atomic E-state index is 0.0409. The van der Waals surface area contributed by atoms with Crippen LogP contribution >= 0.6 is 0 Å². The SMILES string of the molecule is CC(C)N(C(=O)c1ccc(OCCCCCOc2ccc(C(=N)N)cc2)cc1O)C(C)C. The van der Waals surface area contributed by atoms with Gasteiger partial charge in [0, 0.05) is 23.7 Å². The van der Waals surface area contributed by atoms with E-state index in [1.54, 1.807) is 29.2 Å². The van der Waals surface area contributed by atoms with E-state index >= 15 is 0 Å². The molecule has 0 fully saturated rings. The van der Waals surface area contributed by atoms with Crippen LogP contribution < -0.4 is 15.2 Å². The van der Waals surface area contributed by atoms with Crippen molar-refractivity contribution in [3.8, 4) is 17.2 Å². The second-order valence-corrected chi connectivity index (χ2v) is 8.27. The Morgan fingerprint density at radius 2 is 1.47 bits per heavy atom. The number of benzene rings is 2. The number of phenolic OH excluding ortho intramolecular Hbond substituents is 1. The van der Waals surface area contributed by atoms with Gasteiger partial charge in [-0.25, -0.2) is 0 Å². The molecule has 0 radical (unpaired) electrons. The van der Waals surface area contributed by atoms with E-state index in [1.807, 2.05) is 39.8 Å². The van der Waals surface area contributed by atoms with Crippen molar-refractivity contribution >= 4 is 11.7 Å². The van der Waals surface area contributed by atoms with Crippen molar-refractivity contribution in [1.29, 1.82) is 5.41 Å². The molecule has 32 heavy (non-hydrogen) atoms. The lowest BCUT2D eigenvalue weighted by atomic mass is 10.1. The number of phenols is 1. The summed E-state index contributed by atoms with van der Waals surface area (Å²) in [6.45, 7) is 8.95. The highest BCUT2D eigenvalue weighted by Gasteiger charge is 2.24. The number of amidine groups is 1. The molecule has 0 unspecified atom stereocenters. The van der Waals surface area contributed by atoms with Crippen LogP contribution in [0.15, 0.2) is 42.5 Å². The van der Waals surface area contributed by atoms with Crippen molar-refractivity contribution in [2.75, 3.05) is 13.2 Å². The molecule has 0 aromatic heterocycles. The first-order valence-corrected chi connectivity index (χ1v) is 11.1. The Kier molecular flexibility index (Phi) is 9.38. The Labute approximate surface area is 190 Å². The van der Waals surface area contributed by atoms with Crippen LogP contribution in [0.2, 0.25) is 0 Å². The average Bonchev–Trinajstić information content (AvgIpc) is 2.72. The quantitative estimate of drug-likeness (QED) is 0.254. The minimum Gasteiger partial charge on any atom is -0.507 e. The second kappa shape index (κ2) is 12.0. The lowest BCUT2D eigenvalue weighted by Gasteiger charge is -2.31. The summed E-state index contributed by atoms with van der Waals surface area (Å²) >= 11 is 0. The summed E-state index contributed by atoms with van der Waals surface area (Å²) < 4.78 is 11.4. The van der Waals surface area contributed by atoms with Gasteiger partial charge in [0.2, 0.25) is 0 Å². The third-order valence-electron chi connectivity index (χ3n) is 5.04. The molecular formula is C25H35N3O4. The Bertz CT molecular complexity index is 887. The van der Waals surface area contributed by atoms with Crippen molar-refractivity contribution in [2.24, 2.45) is 5.73 Å². The first-order valence-electron chi connectivity index (χ1n) is 11.1. The maximum atomic E-state index is 12.8. The van der Waals surface area contributed by atoms with Gasteiger partial charge < -0.3 is 25.2 Å². The molecule has 0 aliphatic carbocycles. The first-order chi connectivity index (χ1) is 15.2. The Morgan fingerprint density at radius 1 is 0.938 bits per heavy atom. The highest BCUT2D eigenvalue weighted by Crippen LogP contribution is 2.26. The molecule has 2 rings (SSSR count). The molecule has 2 aromatic carbocycles. The normalized spacial score (nSPS) is 10.9. The molecule has 0 saturated heterocycles. The number of nitrogens with two attached hydrogens (primary N) is 1. The topological polar surface area (TPSA) is 109 Å². The third-order valence-corrected chi connectivity index (χ3v) is 5.04. The number of nitrogens with zero attached hydrogens (tertiary/aromatic N) is 1. The fourth-order valence-electron chi connectivity index (χ4n) is 3.48. The number of carbonyl (C=O) groups is 1. The summed E-state index contributed by atoms with van der Waals surface area (Å²) in [5, 5.41) is 17.7. The highest BCUT2D eigenvalue weighted by atomic mass is 16.5. The number of amides is 1. The molecule has 0 saturated carbocycles. The fourth-order valence-corrected chi connectivity index (χ4v) is 3.48. The molecule has 0 heterocycles. The molecule has 1 amide bonds. The monoisotopic (exact) mass is 441 g/mol. The van der Waals surface area contributed by atoms with Crippen molar-refractivity contribution in [3.63, 3.8) is 0 Å². The van der Waals surface area contributed by atoms with E-state index in [0.29, 0.717) is 24.5 Å². The van der Waals surface area contributed by atoms with Crippen LogP contribution in [-0.4, -0.2) is 47.0 Å². The summed E-state index contributed by atoms with van der Waals surface area (Å²) in [6.07, 6.45) is 2.67. The predicted octanol–water partition coefficient (Wildman–Crippen LogP) is 4.56. The fraction of sp³-hybridized carbons (Fsp3) is 0.440. The van der Waals surface area contributed by atoms with E-state index in [9.17, 15) is 9.90 Å². The van der Waals surface area contributed by atoms with E-state index in [4.69, 9.17) is 20.6 Å². The van der Waals surface area contributed by atoms with Gasteiger partial charge >= 0.3 is 0 Å². The second-order valence-electron chi connectivity index (χ2n) is 8.27. The van der Waals surface area contributed by atoms with Crippen LogP contribution in [0.3, 0.4) is 0 Å². The zero-order valence-electron chi connectivity index (χ0n) is 19.4. The lowest BCUT2D eigenvalue weighted by molar-refractivity contribution is 0.0640. The number of rotatable bonds is 12. The van der Waals surface area contributed by atoms with Gasteiger partial charge in [-0.05, 0) is 83.4 Å². The van der Waals surface area contributed by atoms with Gasteiger partial charge in [0.25, 0.3) is 5.91 Å². The molecule has 0 aliphatic rings. The smallest absolute Gasteiger partial charge is 0.258 e. The maximum absolute atomic E-state index is 12.8. The molecule has 7 heteroatoms. The van der Waals surface area contributed by atoms with Crippen LogP contribution in [0.5, 0.6) is 17.2 Å². The number of nitrogens with one attached hydrogen (secondary N) is 1. The number of aromatic hydroxyl groups is 1. The maximum Gasteiger partial charge on any atom is 0.258 e. The molecule has 7 nitrogen and oxygen atoms in total. The van der Waals surface area contributed by atoms with E-state index in [1.165, 1.54) is 6.07 Å². The zero-order chi connectivity index (χ0) is 23.7. The van der Waals surface area contributed by atoms with Gasteiger partial charge in [-0.2, -0.15) is 0 Å². The lowest BCUT2D eigenvalue weighted by Crippen LogP contribution is -2.42. The Morgan fingerprint density at radius 3 is 1.97 bits per heavy atom. The summed E-state index contributed by atoms with van der Waals surface area (Å²) in [5.41, 5.74) is 6.40. The average molecular weight is 442 g/mol. The van der Waals surface area contributed by atoms with Gasteiger partial charge in [-0.15, -0.1) is 0 Å². The van der Waals surface area contributed by atoms with E-state index in [2.05, 4.69) is 0 Å². The van der Waals surface area contributed by atoms with Crippen LogP contribution in [0, 0.1) is 5.41 Å². The number of carbonyl (C=O) groups excluding carboxylic acids is 1. The van der Waals surface area contributed by atoms with Crippen molar-refractivity contribution < 1.29 is 19.4 Å². The van der Waals surface area contributed by atoms with Gasteiger partial charge in [-0.1, -0.05) is 0 Å². The van der Waals surface area contributed by atoms with Gasteiger partial charge in [0.1, 0.15) is 23.1 Å². The highest BCUT2D eigenvalue weighted by molar-refractivity contribution is 5.97. The largest absolute Gasteiger partial charge is 0.507 e. The summed E-state index contributed by atoms with van der Waals surface area (Å²) in [6, 6.07) is 12.1. The molecule has 174 valence electrons. The van der Waals surface area contributed by atoms with Gasteiger partial charge in [0.15, 0.2) is 0 Å². The molecule has 4 N–H and O–H groups in total. The molecular weight excluding hydrogens is 406 g/mol. The Hall–Kier alpha value is -3.22. The first kappa shape index (κ1) is 25.0. The van der Waals surface area contributed by atoms with E-state index < -0.39 is 0 Å². The number of ether oxygens (including phenoxy) is 2. The third kappa shape index (κ3) is 7.18. The summed E-state index contributed by atoms with van der Waals surface area (Å²) in [4.78, 5) is 14.5. The molecule has 0 bridgehead atoms. The van der Waals surface area contributed by atoms with Crippen molar-refractivity contribution in [1.82, 2.24) is 4.90 Å². The van der Waals surface area contributed by atoms with E-state index in [0.717, 1.165) is 25.0 Å². The van der Waals surface area contributed by atoms with Crippen LogP contribution in [0.1, 0.15) is 62.9 Å². The number of unbranched alkanes of at least 4 members (excludes halogenated alkanes) is 2. The standard InChI is InChI=1S/C25H35N3O4/c1-17(2)28(18(3)4)25(30)22-13-12-21(16-23(22)29)32-15-7-5-6-14-31-20-10-8-19(9-11-20)24(26)27/h8-13,16-18,29H,5-7,14-15H2,1-4H3,(H3,26,27). The molecule has 2 aromatic rings. The Balaban J connectivity index is 1.72. The van der Waals surface area contributed by atoms with Gasteiger partial charge in [-0.3, -0.25) is 10.2 Å². The minimum atomic E-state index is -0.185. The molecule has 0 atom stereocenters. The van der Waals surface area contributed by atoms with Gasteiger partial charge in [0.05, 0.1) is 18.8 Å². The van der Waals surface area contributed by atoms with Crippen LogP contribution in [0.4, 0.5) is 0 Å². The molecule has 0 aliphatic heterocycles. The number of hydrogen-bond acceptors (Lipinski definition) is 5. The van der Waals surface area contributed by atoms with E-state index in [-0.39, 0.29) is 35.1 Å². The number of nitrogen functional groups attached to an aromatic ring is 1. The van der Waals surface area contributed by atoms with Crippen LogP contribution in [-0.2, 0) is 0 Å².